The smallest absolute Gasteiger partial charge is 0.274 e. The predicted octanol–water partition coefficient (Wildman–Crippen LogP) is 5.22. The van der Waals surface area contributed by atoms with E-state index in [1.165, 1.54) is 10.6 Å². The fourth-order valence-corrected chi connectivity index (χ4v) is 4.04. The van der Waals surface area contributed by atoms with E-state index in [9.17, 15) is 17.8 Å². The van der Waals surface area contributed by atoms with Crippen molar-refractivity contribution in [3.8, 4) is 22.6 Å². The number of pyridine rings is 1. The Balaban J connectivity index is 1.90. The van der Waals surface area contributed by atoms with Gasteiger partial charge in [0.25, 0.3) is 5.56 Å². The second kappa shape index (κ2) is 8.82. The summed E-state index contributed by atoms with van der Waals surface area (Å²) in [5.41, 5.74) is 2.28. The normalized spacial score (nSPS) is 13.1. The van der Waals surface area contributed by atoms with E-state index in [0.29, 0.717) is 33.5 Å². The molecule has 0 saturated carbocycles. The van der Waals surface area contributed by atoms with Crippen molar-refractivity contribution in [2.45, 2.75) is 13.5 Å². The van der Waals surface area contributed by atoms with E-state index in [-0.39, 0.29) is 17.9 Å². The van der Waals surface area contributed by atoms with Crippen molar-refractivity contribution in [2.24, 2.45) is 11.4 Å². The number of nitrogens with one attached hydrogen (secondary N) is 1. The lowest BCUT2D eigenvalue weighted by Crippen LogP contribution is -2.16. The van der Waals surface area contributed by atoms with Crippen LogP contribution in [0.2, 0.25) is 0 Å². The molecule has 2 aromatic heterocycles. The number of rotatable bonds is 6. The molecule has 1 N–H and O–H groups in total. The van der Waals surface area contributed by atoms with E-state index >= 15 is 0 Å². The number of hydrogen-bond acceptors (Lipinski definition) is 4. The number of nitrogens with zero attached hydrogens (tertiary/aromatic N) is 2. The second-order valence-corrected chi connectivity index (χ2v) is 10.5. The summed E-state index contributed by atoms with van der Waals surface area (Å²) in [5.74, 6) is -0.912. The van der Waals surface area contributed by atoms with Gasteiger partial charge in [-0.3, -0.25) is 9.00 Å². The number of hydrogen-bond donors (Lipinski definition) is 1. The SMILES string of the molecule is CCS(C)(=O)=NCc1ccc(Oc2ccc(F)cc2F)c(-c2cn(C)c(=O)c3[nH]ccc23)c1. The van der Waals surface area contributed by atoms with Gasteiger partial charge in [-0.15, -0.1) is 0 Å². The van der Waals surface area contributed by atoms with Crippen LogP contribution in [0, 0.1) is 11.6 Å². The number of fused-ring (bicyclic) bond motifs is 1. The van der Waals surface area contributed by atoms with Crippen molar-refractivity contribution in [3.63, 3.8) is 0 Å². The molecule has 0 aliphatic carbocycles. The molecule has 0 aliphatic heterocycles. The third-order valence-electron chi connectivity index (χ3n) is 5.40. The molecular formula is C24H23F2N3O3S. The maximum Gasteiger partial charge on any atom is 0.274 e. The first-order valence-corrected chi connectivity index (χ1v) is 12.4. The van der Waals surface area contributed by atoms with Gasteiger partial charge in [0.05, 0.1) is 6.54 Å². The largest absolute Gasteiger partial charge is 0.454 e. The number of ether oxygens (including phenoxy) is 1. The van der Waals surface area contributed by atoms with Crippen molar-refractivity contribution in [3.05, 3.63) is 82.4 Å². The Labute approximate surface area is 190 Å². The van der Waals surface area contributed by atoms with Crippen molar-refractivity contribution in [1.29, 1.82) is 0 Å². The second-order valence-electron chi connectivity index (χ2n) is 7.77. The fourth-order valence-electron chi connectivity index (χ4n) is 3.44. The highest BCUT2D eigenvalue weighted by Crippen LogP contribution is 2.38. The topological polar surface area (TPSA) is 76.4 Å². The van der Waals surface area contributed by atoms with E-state index in [1.54, 1.807) is 43.9 Å². The van der Waals surface area contributed by atoms with Crippen LogP contribution in [-0.4, -0.2) is 25.8 Å². The van der Waals surface area contributed by atoms with Gasteiger partial charge in [-0.2, -0.15) is 0 Å². The third kappa shape index (κ3) is 4.68. The summed E-state index contributed by atoms with van der Waals surface area (Å²) in [6, 6.07) is 10.1. The summed E-state index contributed by atoms with van der Waals surface area (Å²) < 4.78 is 51.6. The minimum Gasteiger partial charge on any atom is -0.454 e. The Morgan fingerprint density at radius 1 is 1.09 bits per heavy atom. The summed E-state index contributed by atoms with van der Waals surface area (Å²) in [4.78, 5) is 15.5. The van der Waals surface area contributed by atoms with Gasteiger partial charge in [0.2, 0.25) is 0 Å². The first-order chi connectivity index (χ1) is 15.7. The summed E-state index contributed by atoms with van der Waals surface area (Å²) in [7, 11) is -0.656. The number of halogens is 2. The number of aromatic nitrogens is 2. The molecule has 2 aromatic carbocycles. The van der Waals surface area contributed by atoms with Gasteiger partial charge in [0, 0.05) is 63.8 Å². The molecule has 0 fully saturated rings. The average Bonchev–Trinajstić information content (AvgIpc) is 3.28. The first-order valence-electron chi connectivity index (χ1n) is 10.3. The van der Waals surface area contributed by atoms with Crippen LogP contribution >= 0.6 is 0 Å². The molecule has 1 atom stereocenters. The average molecular weight is 472 g/mol. The molecule has 0 bridgehead atoms. The van der Waals surface area contributed by atoms with Crippen molar-refractivity contribution in [2.75, 3.05) is 12.0 Å². The monoisotopic (exact) mass is 471 g/mol. The van der Waals surface area contributed by atoms with Gasteiger partial charge >= 0.3 is 0 Å². The lowest BCUT2D eigenvalue weighted by Gasteiger charge is -2.15. The van der Waals surface area contributed by atoms with E-state index in [1.807, 2.05) is 13.0 Å². The molecule has 2 heterocycles. The lowest BCUT2D eigenvalue weighted by molar-refractivity contribution is 0.439. The van der Waals surface area contributed by atoms with E-state index in [4.69, 9.17) is 4.74 Å². The summed E-state index contributed by atoms with van der Waals surface area (Å²) in [5, 5.41) is 0.671. The molecule has 6 nitrogen and oxygen atoms in total. The number of aromatic amines is 1. The Bertz CT molecular complexity index is 1530. The molecular weight excluding hydrogens is 448 g/mol. The zero-order chi connectivity index (χ0) is 23.8. The molecule has 1 unspecified atom stereocenters. The Morgan fingerprint density at radius 3 is 2.58 bits per heavy atom. The van der Waals surface area contributed by atoms with Crippen LogP contribution in [0.3, 0.4) is 0 Å². The molecule has 9 heteroatoms. The summed E-state index contributed by atoms with van der Waals surface area (Å²) in [6.07, 6.45) is 4.96. The highest BCUT2D eigenvalue weighted by molar-refractivity contribution is 7.92. The minimum absolute atomic E-state index is 0.132. The predicted molar refractivity (Wildman–Crippen MR) is 126 cm³/mol. The van der Waals surface area contributed by atoms with Crippen LogP contribution in [0.5, 0.6) is 11.5 Å². The zero-order valence-electron chi connectivity index (χ0n) is 18.4. The van der Waals surface area contributed by atoms with Crippen LogP contribution in [0.4, 0.5) is 8.78 Å². The van der Waals surface area contributed by atoms with Crippen LogP contribution in [0.1, 0.15) is 12.5 Å². The van der Waals surface area contributed by atoms with Gasteiger partial charge in [-0.1, -0.05) is 13.0 Å². The van der Waals surface area contributed by atoms with E-state index in [2.05, 4.69) is 9.35 Å². The van der Waals surface area contributed by atoms with Gasteiger partial charge < -0.3 is 14.3 Å². The Kier molecular flexibility index (Phi) is 6.07. The van der Waals surface area contributed by atoms with Crippen LogP contribution in [-0.2, 0) is 23.3 Å². The first kappa shape index (κ1) is 22.7. The fraction of sp³-hybridized carbons (Fsp3) is 0.208. The van der Waals surface area contributed by atoms with E-state index in [0.717, 1.165) is 17.7 Å². The molecule has 0 saturated heterocycles. The molecule has 4 rings (SSSR count). The number of aryl methyl sites for hydroxylation is 1. The molecule has 172 valence electrons. The van der Waals surface area contributed by atoms with E-state index < -0.39 is 21.4 Å². The highest BCUT2D eigenvalue weighted by Gasteiger charge is 2.17. The lowest BCUT2D eigenvalue weighted by atomic mass is 10.0. The van der Waals surface area contributed by atoms with Crippen molar-refractivity contribution < 1.29 is 17.7 Å². The highest BCUT2D eigenvalue weighted by atomic mass is 32.2. The molecule has 0 aliphatic rings. The van der Waals surface area contributed by atoms with Gasteiger partial charge in [-0.25, -0.2) is 13.1 Å². The zero-order valence-corrected chi connectivity index (χ0v) is 19.2. The third-order valence-corrected chi connectivity index (χ3v) is 7.14. The summed E-state index contributed by atoms with van der Waals surface area (Å²) >= 11 is 0. The number of benzene rings is 2. The standard InChI is InChI=1S/C24H23F2N3O3S/c1-4-33(3,31)28-13-15-5-7-21(32-22-8-6-16(25)12-20(22)26)18(11-15)19-14-29(2)24(30)23-17(19)9-10-27-23/h5-12,14,27H,4,13H2,1-3H3. The van der Waals surface area contributed by atoms with Gasteiger partial charge in [0.1, 0.15) is 17.1 Å². The Morgan fingerprint density at radius 2 is 1.85 bits per heavy atom. The summed E-state index contributed by atoms with van der Waals surface area (Å²) in [6.45, 7) is 2.04. The van der Waals surface area contributed by atoms with Crippen molar-refractivity contribution in [1.82, 2.24) is 9.55 Å². The molecule has 0 amide bonds. The Hall–Kier alpha value is -3.46. The van der Waals surface area contributed by atoms with Crippen LogP contribution in [0.15, 0.2) is 64.0 Å². The maximum absolute atomic E-state index is 14.3. The minimum atomic E-state index is -2.29. The van der Waals surface area contributed by atoms with Crippen LogP contribution in [0.25, 0.3) is 22.0 Å². The maximum atomic E-state index is 14.3. The molecule has 4 aromatic rings. The number of H-pyrrole nitrogens is 1. The molecule has 0 radical (unpaired) electrons. The molecule has 0 spiro atoms. The molecule has 33 heavy (non-hydrogen) atoms. The van der Waals surface area contributed by atoms with Crippen LogP contribution < -0.4 is 10.3 Å². The van der Waals surface area contributed by atoms with Gasteiger partial charge in [-0.05, 0) is 35.9 Å². The van der Waals surface area contributed by atoms with Gasteiger partial charge in [0.15, 0.2) is 11.6 Å². The quantitative estimate of drug-likeness (QED) is 0.419. The van der Waals surface area contributed by atoms with Crippen molar-refractivity contribution >= 4 is 20.6 Å².